The fraction of sp³-hybridized carbons (Fsp3) is 0.412. The van der Waals surface area contributed by atoms with Crippen LogP contribution in [0.1, 0.15) is 47.7 Å². The Labute approximate surface area is 130 Å². The minimum absolute atomic E-state index is 0.171. The molecular weight excluding hydrogens is 284 g/mol. The van der Waals surface area contributed by atoms with E-state index in [0.717, 1.165) is 29.5 Å². The topological polar surface area (TPSA) is 66.9 Å². The molecule has 0 saturated carbocycles. The molecule has 1 unspecified atom stereocenters. The number of hydrogen-bond donors (Lipinski definition) is 2. The van der Waals surface area contributed by atoms with E-state index >= 15 is 0 Å². The second kappa shape index (κ2) is 6.44. The lowest BCUT2D eigenvalue weighted by Gasteiger charge is -2.15. The van der Waals surface area contributed by atoms with Crippen LogP contribution < -0.4 is 5.73 Å². The average Bonchev–Trinajstić information content (AvgIpc) is 2.54. The number of Topliss-reactive ketones (excluding diaryl/α,β-unsaturated/α-hetero) is 1. The summed E-state index contributed by atoms with van der Waals surface area (Å²) < 4.78 is 0. The van der Waals surface area contributed by atoms with E-state index in [-0.39, 0.29) is 11.7 Å². The van der Waals surface area contributed by atoms with Gasteiger partial charge in [-0.15, -0.1) is 0 Å². The predicted molar refractivity (Wildman–Crippen MR) is 87.2 cm³/mol. The maximum Gasteiger partial charge on any atom is 0.163 e. The Morgan fingerprint density at radius 3 is 2.90 bits per heavy atom. The highest BCUT2D eigenvalue weighted by Crippen LogP contribution is 2.33. The Hall–Kier alpha value is -1.61. The van der Waals surface area contributed by atoms with Gasteiger partial charge in [0.2, 0.25) is 0 Å². The number of carbonyl (C=O) groups excluding carboxylic acids is 1. The Bertz CT molecular complexity index is 615. The fourth-order valence-electron chi connectivity index (χ4n) is 3.00. The van der Waals surface area contributed by atoms with Crippen molar-refractivity contribution in [2.24, 2.45) is 11.7 Å². The predicted octanol–water partition coefficient (Wildman–Crippen LogP) is 4.06. The molecule has 0 heterocycles. The smallest absolute Gasteiger partial charge is 0.163 e. The van der Waals surface area contributed by atoms with Crippen LogP contribution in [0.15, 0.2) is 23.9 Å². The van der Waals surface area contributed by atoms with E-state index in [1.807, 2.05) is 19.1 Å². The van der Waals surface area contributed by atoms with Crippen LogP contribution >= 0.6 is 11.6 Å². The van der Waals surface area contributed by atoms with E-state index in [4.69, 9.17) is 22.7 Å². The number of hydrogen-bond acceptors (Lipinski definition) is 3. The average molecular weight is 305 g/mol. The van der Waals surface area contributed by atoms with Crippen LogP contribution in [0.2, 0.25) is 5.02 Å². The van der Waals surface area contributed by atoms with Crippen LogP contribution in [0, 0.1) is 18.3 Å². The van der Waals surface area contributed by atoms with E-state index in [1.54, 1.807) is 13.0 Å². The Balaban J connectivity index is 2.28. The van der Waals surface area contributed by atoms with Gasteiger partial charge in [0.25, 0.3) is 0 Å². The molecule has 1 aromatic carbocycles. The molecule has 1 aliphatic rings. The minimum atomic E-state index is 0.171. The number of carbonyl (C=O) groups is 1. The van der Waals surface area contributed by atoms with Crippen molar-refractivity contribution in [3.63, 3.8) is 0 Å². The van der Waals surface area contributed by atoms with Crippen molar-refractivity contribution in [3.8, 4) is 0 Å². The molecule has 0 radical (unpaired) electrons. The van der Waals surface area contributed by atoms with Crippen LogP contribution in [-0.2, 0) is 6.42 Å². The number of allylic oxidation sites excluding steroid dienone is 2. The van der Waals surface area contributed by atoms with Crippen LogP contribution in [0.4, 0.5) is 0 Å². The Kier molecular flexibility index (Phi) is 4.84. The summed E-state index contributed by atoms with van der Waals surface area (Å²) in [4.78, 5) is 12.3. The number of ketones is 1. The normalized spacial score (nSPS) is 19.1. The van der Waals surface area contributed by atoms with Crippen molar-refractivity contribution < 1.29 is 4.79 Å². The first-order chi connectivity index (χ1) is 9.88. The summed E-state index contributed by atoms with van der Waals surface area (Å²) in [6, 6.07) is 3.77. The summed E-state index contributed by atoms with van der Waals surface area (Å²) >= 11 is 6.30. The van der Waals surface area contributed by atoms with E-state index in [0.29, 0.717) is 29.3 Å². The summed E-state index contributed by atoms with van der Waals surface area (Å²) in [5.74, 6) is 0.433. The van der Waals surface area contributed by atoms with Gasteiger partial charge >= 0.3 is 0 Å². The number of benzene rings is 1. The number of fused-ring (bicyclic) bond motifs is 1. The first-order valence-electron chi connectivity index (χ1n) is 7.21. The number of nitrogens with two attached hydrogens (primary N) is 1. The standard InChI is InChI=1S/C17H21ClN2O/c1-10-3-5-15(18)14-9-12(4-6-16(21)17(10)14)8-13(20)7-11(2)19/h3,5,7,12,20H,4,6,8-9,19H2,1-2H3. The zero-order valence-corrected chi connectivity index (χ0v) is 13.3. The highest BCUT2D eigenvalue weighted by Gasteiger charge is 2.25. The largest absolute Gasteiger partial charge is 0.402 e. The molecule has 4 heteroatoms. The molecule has 2 rings (SSSR count). The van der Waals surface area contributed by atoms with Crippen LogP contribution in [0.25, 0.3) is 0 Å². The molecule has 0 aliphatic heterocycles. The quantitative estimate of drug-likeness (QED) is 0.653. The number of aryl methyl sites for hydroxylation is 1. The molecule has 1 aromatic rings. The second-order valence-corrected chi connectivity index (χ2v) is 6.27. The molecule has 21 heavy (non-hydrogen) atoms. The van der Waals surface area contributed by atoms with Gasteiger partial charge in [0, 0.05) is 28.4 Å². The third-order valence-electron chi connectivity index (χ3n) is 3.93. The van der Waals surface area contributed by atoms with Crippen molar-refractivity contribution in [3.05, 3.63) is 45.6 Å². The van der Waals surface area contributed by atoms with Crippen LogP contribution in [0.3, 0.4) is 0 Å². The molecule has 3 N–H and O–H groups in total. The van der Waals surface area contributed by atoms with Gasteiger partial charge in [-0.1, -0.05) is 17.7 Å². The Morgan fingerprint density at radius 2 is 2.24 bits per heavy atom. The van der Waals surface area contributed by atoms with Gasteiger partial charge in [-0.2, -0.15) is 0 Å². The van der Waals surface area contributed by atoms with E-state index in [1.165, 1.54) is 0 Å². The summed E-state index contributed by atoms with van der Waals surface area (Å²) in [5.41, 5.74) is 9.50. The molecule has 0 saturated heterocycles. The molecule has 0 spiro atoms. The molecule has 0 bridgehead atoms. The van der Waals surface area contributed by atoms with Crippen molar-refractivity contribution in [1.82, 2.24) is 0 Å². The van der Waals surface area contributed by atoms with Gasteiger partial charge in [0.05, 0.1) is 0 Å². The monoisotopic (exact) mass is 304 g/mol. The highest BCUT2D eigenvalue weighted by molar-refractivity contribution is 6.32. The first kappa shape index (κ1) is 15.8. The molecule has 1 aliphatic carbocycles. The van der Waals surface area contributed by atoms with E-state index in [2.05, 4.69) is 0 Å². The lowest BCUT2D eigenvalue weighted by molar-refractivity contribution is 0.0978. The minimum Gasteiger partial charge on any atom is -0.402 e. The number of rotatable bonds is 3. The maximum absolute atomic E-state index is 12.3. The lowest BCUT2D eigenvalue weighted by atomic mass is 9.91. The zero-order valence-electron chi connectivity index (χ0n) is 12.5. The molecule has 112 valence electrons. The lowest BCUT2D eigenvalue weighted by Crippen LogP contribution is -2.10. The van der Waals surface area contributed by atoms with Gasteiger partial charge in [0.15, 0.2) is 5.78 Å². The maximum atomic E-state index is 12.3. The van der Waals surface area contributed by atoms with Crippen molar-refractivity contribution >= 4 is 23.1 Å². The summed E-state index contributed by atoms with van der Waals surface area (Å²) in [5, 5.41) is 8.64. The zero-order chi connectivity index (χ0) is 15.6. The SMILES string of the molecule is CC(N)=CC(=N)CC1CCC(=O)c2c(C)ccc(Cl)c2C1. The third kappa shape index (κ3) is 3.73. The van der Waals surface area contributed by atoms with Crippen molar-refractivity contribution in [2.75, 3.05) is 0 Å². The van der Waals surface area contributed by atoms with E-state index in [9.17, 15) is 4.79 Å². The molecule has 0 amide bonds. The molecule has 0 aromatic heterocycles. The highest BCUT2D eigenvalue weighted by atomic mass is 35.5. The van der Waals surface area contributed by atoms with Gasteiger partial charge in [-0.05, 0) is 62.3 Å². The number of nitrogens with one attached hydrogen (secondary N) is 1. The van der Waals surface area contributed by atoms with Crippen LogP contribution in [0.5, 0.6) is 0 Å². The third-order valence-corrected chi connectivity index (χ3v) is 4.28. The van der Waals surface area contributed by atoms with Gasteiger partial charge in [0.1, 0.15) is 0 Å². The van der Waals surface area contributed by atoms with Gasteiger partial charge in [-0.3, -0.25) is 4.79 Å². The number of halogens is 1. The summed E-state index contributed by atoms with van der Waals surface area (Å²) in [6.07, 6.45) is 4.39. The van der Waals surface area contributed by atoms with E-state index < -0.39 is 0 Å². The van der Waals surface area contributed by atoms with Crippen LogP contribution in [-0.4, -0.2) is 11.5 Å². The second-order valence-electron chi connectivity index (χ2n) is 5.87. The molecule has 1 atom stereocenters. The van der Waals surface area contributed by atoms with Crippen molar-refractivity contribution in [2.45, 2.75) is 39.5 Å². The first-order valence-corrected chi connectivity index (χ1v) is 7.58. The summed E-state index contributed by atoms with van der Waals surface area (Å²) in [6.45, 7) is 3.73. The van der Waals surface area contributed by atoms with Gasteiger partial charge < -0.3 is 11.1 Å². The fourth-order valence-corrected chi connectivity index (χ4v) is 3.23. The summed E-state index contributed by atoms with van der Waals surface area (Å²) in [7, 11) is 0. The van der Waals surface area contributed by atoms with Gasteiger partial charge in [-0.25, -0.2) is 0 Å². The molecule has 0 fully saturated rings. The Morgan fingerprint density at radius 1 is 1.52 bits per heavy atom. The van der Waals surface area contributed by atoms with Crippen molar-refractivity contribution in [1.29, 1.82) is 5.41 Å². The molecular formula is C17H21ClN2O. The molecule has 3 nitrogen and oxygen atoms in total.